The van der Waals surface area contributed by atoms with Crippen LogP contribution in [0.5, 0.6) is 5.75 Å². The number of rotatable bonds is 2. The number of halogens is 3. The zero-order chi connectivity index (χ0) is 19.3. The Morgan fingerprint density at radius 2 is 1.81 bits per heavy atom. The normalized spacial score (nSPS) is 24.0. The van der Waals surface area contributed by atoms with Gasteiger partial charge >= 0.3 is 19.2 Å². The Balaban J connectivity index is 1.75. The molecule has 1 N–H and O–H groups in total. The van der Waals surface area contributed by atoms with Crippen LogP contribution in [0.2, 0.25) is 0 Å². The van der Waals surface area contributed by atoms with Gasteiger partial charge in [-0.15, -0.1) is 0 Å². The van der Waals surface area contributed by atoms with Crippen molar-refractivity contribution >= 4 is 18.5 Å². The highest BCUT2D eigenvalue weighted by Gasteiger charge is 2.51. The third-order valence-corrected chi connectivity index (χ3v) is 5.11. The molecule has 0 bridgehead atoms. The summed E-state index contributed by atoms with van der Waals surface area (Å²) >= 11 is 0. The molecule has 2 aliphatic rings. The predicted octanol–water partition coefficient (Wildman–Crippen LogP) is 1.97. The fourth-order valence-corrected chi connectivity index (χ4v) is 2.90. The Morgan fingerprint density at radius 3 is 2.38 bits per heavy atom. The van der Waals surface area contributed by atoms with Gasteiger partial charge in [0.15, 0.2) is 0 Å². The number of fused-ring (bicyclic) bond motifs is 1. The average Bonchev–Trinajstić information content (AvgIpc) is 2.74. The molecule has 0 aromatic heterocycles. The summed E-state index contributed by atoms with van der Waals surface area (Å²) in [5, 5.41) is 1.96. The van der Waals surface area contributed by atoms with E-state index in [1.54, 1.807) is 12.1 Å². The molecule has 2 heterocycles. The van der Waals surface area contributed by atoms with Crippen LogP contribution in [0, 0.1) is 0 Å². The SMILES string of the molecule is CC1(C)OB(c2ccc3c(c2)C[C@@H](NC(=O)C(F)(F)F)CO3)OC1(C)C. The van der Waals surface area contributed by atoms with E-state index < -0.39 is 36.4 Å². The van der Waals surface area contributed by atoms with E-state index in [2.05, 4.69) is 0 Å². The summed E-state index contributed by atoms with van der Waals surface area (Å²) in [6, 6.07) is 4.61. The summed E-state index contributed by atoms with van der Waals surface area (Å²) in [6.45, 7) is 7.76. The molecule has 1 fully saturated rings. The van der Waals surface area contributed by atoms with E-state index in [0.717, 1.165) is 5.46 Å². The van der Waals surface area contributed by atoms with Crippen LogP contribution in [-0.2, 0) is 20.5 Å². The molecule has 9 heteroatoms. The molecule has 142 valence electrons. The van der Waals surface area contributed by atoms with Crippen LogP contribution >= 0.6 is 0 Å². The van der Waals surface area contributed by atoms with Gasteiger partial charge in [-0.05, 0) is 51.2 Å². The van der Waals surface area contributed by atoms with Crippen molar-refractivity contribution in [1.82, 2.24) is 5.32 Å². The number of carbonyl (C=O) groups excluding carboxylic acids is 1. The van der Waals surface area contributed by atoms with E-state index in [1.165, 1.54) is 0 Å². The summed E-state index contributed by atoms with van der Waals surface area (Å²) in [4.78, 5) is 11.1. The Hall–Kier alpha value is -1.74. The average molecular weight is 371 g/mol. The number of amides is 1. The molecule has 1 aromatic rings. The second kappa shape index (κ2) is 6.16. The first-order valence-corrected chi connectivity index (χ1v) is 8.38. The first-order valence-electron chi connectivity index (χ1n) is 8.38. The fourth-order valence-electron chi connectivity index (χ4n) is 2.90. The van der Waals surface area contributed by atoms with Gasteiger partial charge in [-0.25, -0.2) is 0 Å². The second-order valence-corrected chi connectivity index (χ2v) is 7.64. The van der Waals surface area contributed by atoms with Crippen molar-refractivity contribution in [2.45, 2.75) is 57.5 Å². The predicted molar refractivity (Wildman–Crippen MR) is 89.3 cm³/mol. The molecule has 1 atom stereocenters. The zero-order valence-corrected chi connectivity index (χ0v) is 15.1. The summed E-state index contributed by atoms with van der Waals surface area (Å²) in [5.41, 5.74) is 0.477. The van der Waals surface area contributed by atoms with Crippen LogP contribution in [0.25, 0.3) is 0 Å². The summed E-state index contributed by atoms with van der Waals surface area (Å²) in [5.74, 6) is -1.38. The third kappa shape index (κ3) is 3.55. The summed E-state index contributed by atoms with van der Waals surface area (Å²) in [6.07, 6.45) is -4.67. The van der Waals surface area contributed by atoms with E-state index >= 15 is 0 Å². The van der Waals surface area contributed by atoms with Crippen molar-refractivity contribution in [1.29, 1.82) is 0 Å². The molecule has 0 aliphatic carbocycles. The Labute approximate surface area is 150 Å². The number of hydrogen-bond donors (Lipinski definition) is 1. The van der Waals surface area contributed by atoms with Gasteiger partial charge in [0.05, 0.1) is 17.2 Å². The molecule has 2 aliphatic heterocycles. The number of hydrogen-bond acceptors (Lipinski definition) is 4. The lowest BCUT2D eigenvalue weighted by Gasteiger charge is -2.32. The first kappa shape index (κ1) is 19.0. The lowest BCUT2D eigenvalue weighted by Crippen LogP contribution is -2.48. The van der Waals surface area contributed by atoms with Gasteiger partial charge in [0.1, 0.15) is 12.4 Å². The lowest BCUT2D eigenvalue weighted by molar-refractivity contribution is -0.174. The maximum absolute atomic E-state index is 12.4. The van der Waals surface area contributed by atoms with Crippen LogP contribution in [0.1, 0.15) is 33.3 Å². The quantitative estimate of drug-likeness (QED) is 0.808. The zero-order valence-electron chi connectivity index (χ0n) is 15.1. The maximum atomic E-state index is 12.4. The molecule has 1 aromatic carbocycles. The van der Waals surface area contributed by atoms with E-state index in [9.17, 15) is 18.0 Å². The van der Waals surface area contributed by atoms with Crippen molar-refractivity contribution in [2.24, 2.45) is 0 Å². The molecule has 0 unspecified atom stereocenters. The van der Waals surface area contributed by atoms with Crippen molar-refractivity contribution in [2.75, 3.05) is 6.61 Å². The fraction of sp³-hybridized carbons (Fsp3) is 0.588. The molecule has 5 nitrogen and oxygen atoms in total. The molecular weight excluding hydrogens is 350 g/mol. The Bertz CT molecular complexity index is 704. The molecule has 26 heavy (non-hydrogen) atoms. The Kier molecular flexibility index (Phi) is 4.51. The highest BCUT2D eigenvalue weighted by atomic mass is 19.4. The first-order chi connectivity index (χ1) is 11.9. The number of alkyl halides is 3. The van der Waals surface area contributed by atoms with Gasteiger partial charge in [-0.2, -0.15) is 13.2 Å². The highest BCUT2D eigenvalue weighted by molar-refractivity contribution is 6.62. The van der Waals surface area contributed by atoms with E-state index in [4.69, 9.17) is 14.0 Å². The number of benzene rings is 1. The van der Waals surface area contributed by atoms with Crippen LogP contribution < -0.4 is 15.5 Å². The molecular formula is C17H21BF3NO4. The van der Waals surface area contributed by atoms with E-state index in [0.29, 0.717) is 11.3 Å². The van der Waals surface area contributed by atoms with Gasteiger partial charge in [0, 0.05) is 0 Å². The lowest BCUT2D eigenvalue weighted by atomic mass is 9.77. The van der Waals surface area contributed by atoms with Gasteiger partial charge in [-0.1, -0.05) is 12.1 Å². The summed E-state index contributed by atoms with van der Waals surface area (Å²) < 4.78 is 54.8. The van der Waals surface area contributed by atoms with Crippen molar-refractivity contribution < 1.29 is 32.0 Å². The van der Waals surface area contributed by atoms with Crippen molar-refractivity contribution in [3.8, 4) is 5.75 Å². The molecule has 0 spiro atoms. The van der Waals surface area contributed by atoms with Crippen molar-refractivity contribution in [3.63, 3.8) is 0 Å². The summed E-state index contributed by atoms with van der Waals surface area (Å²) in [7, 11) is -0.574. The molecule has 1 saturated heterocycles. The van der Waals surface area contributed by atoms with Crippen molar-refractivity contribution in [3.05, 3.63) is 23.8 Å². The largest absolute Gasteiger partial charge is 0.494 e. The number of carbonyl (C=O) groups is 1. The van der Waals surface area contributed by atoms with Gasteiger partial charge < -0.3 is 19.4 Å². The van der Waals surface area contributed by atoms with Gasteiger partial charge in [0.25, 0.3) is 0 Å². The maximum Gasteiger partial charge on any atom is 0.494 e. The monoisotopic (exact) mass is 371 g/mol. The molecule has 3 rings (SSSR count). The van der Waals surface area contributed by atoms with Crippen LogP contribution in [0.3, 0.4) is 0 Å². The minimum Gasteiger partial charge on any atom is -0.491 e. The second-order valence-electron chi connectivity index (χ2n) is 7.64. The highest BCUT2D eigenvalue weighted by Crippen LogP contribution is 2.37. The molecule has 1 amide bonds. The van der Waals surface area contributed by atoms with Crippen LogP contribution in [-0.4, -0.2) is 43.1 Å². The third-order valence-electron chi connectivity index (χ3n) is 5.11. The van der Waals surface area contributed by atoms with E-state index in [1.807, 2.05) is 39.1 Å². The van der Waals surface area contributed by atoms with Gasteiger partial charge in [-0.3, -0.25) is 4.79 Å². The van der Waals surface area contributed by atoms with Crippen LogP contribution in [0.15, 0.2) is 18.2 Å². The molecule has 0 radical (unpaired) electrons. The standard InChI is InChI=1S/C17H21BF3NO4/c1-15(2)16(3,4)26-18(25-15)11-5-6-13-10(7-11)8-12(9-24-13)22-14(23)17(19,20)21/h5-7,12H,8-9H2,1-4H3,(H,22,23)/t12-/m1/s1. The topological polar surface area (TPSA) is 56.8 Å². The minimum atomic E-state index is -4.91. The smallest absolute Gasteiger partial charge is 0.491 e. The number of nitrogens with one attached hydrogen (secondary N) is 1. The van der Waals surface area contributed by atoms with Gasteiger partial charge in [0.2, 0.25) is 0 Å². The molecule has 0 saturated carbocycles. The Morgan fingerprint density at radius 1 is 1.19 bits per heavy atom. The van der Waals surface area contributed by atoms with E-state index in [-0.39, 0.29) is 13.0 Å². The van der Waals surface area contributed by atoms with Crippen LogP contribution in [0.4, 0.5) is 13.2 Å². The minimum absolute atomic E-state index is 0.00927. The number of ether oxygens (including phenoxy) is 1.